The molecule has 1 unspecified atom stereocenters. The lowest BCUT2D eigenvalue weighted by Gasteiger charge is -2.37. The predicted octanol–water partition coefficient (Wildman–Crippen LogP) is 5.66. The molecule has 3 aromatic rings. The van der Waals surface area contributed by atoms with E-state index >= 15 is 0 Å². The van der Waals surface area contributed by atoms with E-state index in [9.17, 15) is 18.0 Å². The first kappa shape index (κ1) is 21.7. The molecule has 1 atom stereocenters. The number of anilines is 2. The molecule has 1 aliphatic rings. The standard InChI is InChI=1S/C26H23F3N2O/c1-2-25(32)30-21-16-23-19(15-18-7-4-3-5-8-18)9-6-10-24(23)31(17-21)22-13-11-20(12-14-22)26(27,28)29/h2-14,21H,1,15-17H2,(H,30,32). The zero-order valence-corrected chi connectivity index (χ0v) is 17.4. The topological polar surface area (TPSA) is 32.3 Å². The molecule has 6 heteroatoms. The molecular weight excluding hydrogens is 413 g/mol. The smallest absolute Gasteiger partial charge is 0.348 e. The van der Waals surface area contributed by atoms with Gasteiger partial charge in [0.2, 0.25) is 5.91 Å². The van der Waals surface area contributed by atoms with Gasteiger partial charge in [-0.15, -0.1) is 0 Å². The van der Waals surface area contributed by atoms with E-state index in [1.807, 2.05) is 35.2 Å². The van der Waals surface area contributed by atoms with Crippen molar-refractivity contribution in [3.8, 4) is 0 Å². The quantitative estimate of drug-likeness (QED) is 0.524. The minimum Gasteiger partial charge on any atom is -0.348 e. The van der Waals surface area contributed by atoms with Gasteiger partial charge in [0.15, 0.2) is 0 Å². The number of fused-ring (bicyclic) bond motifs is 1. The Bertz CT molecular complexity index is 1110. The number of hydrogen-bond acceptors (Lipinski definition) is 2. The van der Waals surface area contributed by atoms with E-state index in [1.54, 1.807) is 0 Å². The maximum atomic E-state index is 13.0. The minimum absolute atomic E-state index is 0.202. The van der Waals surface area contributed by atoms with E-state index in [-0.39, 0.29) is 11.9 Å². The molecule has 1 amide bonds. The summed E-state index contributed by atoms with van der Waals surface area (Å²) in [5.41, 5.74) is 4.28. The van der Waals surface area contributed by atoms with Crippen molar-refractivity contribution >= 4 is 17.3 Å². The number of rotatable bonds is 5. The van der Waals surface area contributed by atoms with Crippen LogP contribution in [-0.2, 0) is 23.8 Å². The Hall–Kier alpha value is -3.54. The first-order valence-corrected chi connectivity index (χ1v) is 10.4. The normalized spacial score (nSPS) is 15.7. The Kier molecular flexibility index (Phi) is 6.04. The number of alkyl halides is 3. The summed E-state index contributed by atoms with van der Waals surface area (Å²) in [7, 11) is 0. The maximum absolute atomic E-state index is 13.0. The predicted molar refractivity (Wildman–Crippen MR) is 120 cm³/mol. The van der Waals surface area contributed by atoms with Gasteiger partial charge in [-0.25, -0.2) is 0 Å². The van der Waals surface area contributed by atoms with Crippen molar-refractivity contribution in [2.45, 2.75) is 25.1 Å². The van der Waals surface area contributed by atoms with Crippen LogP contribution in [0.5, 0.6) is 0 Å². The number of amides is 1. The van der Waals surface area contributed by atoms with E-state index in [2.05, 4.69) is 30.1 Å². The van der Waals surface area contributed by atoms with Crippen molar-refractivity contribution in [1.29, 1.82) is 0 Å². The molecule has 0 aliphatic carbocycles. The molecule has 0 bridgehead atoms. The van der Waals surface area contributed by atoms with Crippen molar-refractivity contribution < 1.29 is 18.0 Å². The van der Waals surface area contributed by atoms with Gasteiger partial charge < -0.3 is 10.2 Å². The van der Waals surface area contributed by atoms with Crippen LogP contribution in [0.15, 0.2) is 85.5 Å². The monoisotopic (exact) mass is 436 g/mol. The number of halogens is 3. The molecule has 0 saturated carbocycles. The molecule has 4 rings (SSSR count). The van der Waals surface area contributed by atoms with Crippen LogP contribution in [0.25, 0.3) is 0 Å². The third kappa shape index (κ3) is 4.69. The summed E-state index contributed by atoms with van der Waals surface area (Å²) in [6, 6.07) is 21.0. The molecule has 0 saturated heterocycles. The van der Waals surface area contributed by atoms with E-state index in [4.69, 9.17) is 0 Å². The SMILES string of the molecule is C=CC(=O)NC1Cc2c(Cc3ccccc3)cccc2N(c2ccc(C(F)(F)F)cc2)C1. The minimum atomic E-state index is -4.39. The van der Waals surface area contributed by atoms with Gasteiger partial charge in [-0.1, -0.05) is 49.0 Å². The first-order valence-electron chi connectivity index (χ1n) is 10.4. The third-order valence-electron chi connectivity index (χ3n) is 5.67. The number of nitrogens with zero attached hydrogens (tertiary/aromatic N) is 1. The molecule has 0 fully saturated rings. The van der Waals surface area contributed by atoms with Crippen LogP contribution >= 0.6 is 0 Å². The van der Waals surface area contributed by atoms with E-state index in [0.29, 0.717) is 18.7 Å². The average molecular weight is 436 g/mol. The summed E-state index contributed by atoms with van der Waals surface area (Å²) in [4.78, 5) is 14.0. The molecule has 0 spiro atoms. The van der Waals surface area contributed by atoms with Crippen LogP contribution in [0.1, 0.15) is 22.3 Å². The molecule has 1 aliphatic heterocycles. The number of carbonyl (C=O) groups excluding carboxylic acids is 1. The molecule has 3 nitrogen and oxygen atoms in total. The Morgan fingerprint density at radius 2 is 1.75 bits per heavy atom. The van der Waals surface area contributed by atoms with Crippen LogP contribution in [-0.4, -0.2) is 18.5 Å². The van der Waals surface area contributed by atoms with E-state index in [1.165, 1.54) is 23.8 Å². The number of hydrogen-bond donors (Lipinski definition) is 1. The summed E-state index contributed by atoms with van der Waals surface area (Å²) in [6.45, 7) is 3.97. The summed E-state index contributed by atoms with van der Waals surface area (Å²) in [6.07, 6.45) is -1.79. The maximum Gasteiger partial charge on any atom is 0.416 e. The highest BCUT2D eigenvalue weighted by molar-refractivity contribution is 5.87. The highest BCUT2D eigenvalue weighted by Gasteiger charge is 2.31. The van der Waals surface area contributed by atoms with Crippen LogP contribution < -0.4 is 10.2 Å². The summed E-state index contributed by atoms with van der Waals surface area (Å²) < 4.78 is 39.1. The van der Waals surface area contributed by atoms with Crippen LogP contribution in [0, 0.1) is 0 Å². The van der Waals surface area contributed by atoms with Crippen LogP contribution in [0.3, 0.4) is 0 Å². The molecule has 164 valence electrons. The van der Waals surface area contributed by atoms with Gasteiger partial charge in [0.25, 0.3) is 0 Å². The van der Waals surface area contributed by atoms with Crippen molar-refractivity contribution in [2.75, 3.05) is 11.4 Å². The highest BCUT2D eigenvalue weighted by atomic mass is 19.4. The number of nitrogens with one attached hydrogen (secondary N) is 1. The van der Waals surface area contributed by atoms with Gasteiger partial charge in [-0.2, -0.15) is 13.2 Å². The first-order chi connectivity index (χ1) is 15.3. The Balaban J connectivity index is 1.73. The van der Waals surface area contributed by atoms with E-state index < -0.39 is 11.7 Å². The number of benzene rings is 3. The molecular formula is C26H23F3N2O. The van der Waals surface area contributed by atoms with Gasteiger partial charge in [-0.3, -0.25) is 4.79 Å². The summed E-state index contributed by atoms with van der Waals surface area (Å²) in [5.74, 6) is -0.272. The second kappa shape index (κ2) is 8.91. The Morgan fingerprint density at radius 3 is 2.41 bits per heavy atom. The van der Waals surface area contributed by atoms with Gasteiger partial charge in [0, 0.05) is 17.9 Å². The lowest BCUT2D eigenvalue weighted by Crippen LogP contribution is -2.46. The van der Waals surface area contributed by atoms with Gasteiger partial charge in [0.1, 0.15) is 0 Å². The number of carbonyl (C=O) groups is 1. The van der Waals surface area contributed by atoms with Gasteiger partial charge >= 0.3 is 6.18 Å². The van der Waals surface area contributed by atoms with Crippen LogP contribution in [0.4, 0.5) is 24.5 Å². The lowest BCUT2D eigenvalue weighted by atomic mass is 9.90. The van der Waals surface area contributed by atoms with Gasteiger partial charge in [-0.05, 0) is 65.9 Å². The molecule has 3 aromatic carbocycles. The zero-order valence-electron chi connectivity index (χ0n) is 17.4. The van der Waals surface area contributed by atoms with Crippen molar-refractivity contribution in [2.24, 2.45) is 0 Å². The second-order valence-corrected chi connectivity index (χ2v) is 7.85. The largest absolute Gasteiger partial charge is 0.416 e. The molecule has 1 N–H and O–H groups in total. The van der Waals surface area contributed by atoms with Crippen molar-refractivity contribution in [3.05, 3.63) is 108 Å². The van der Waals surface area contributed by atoms with Gasteiger partial charge in [0.05, 0.1) is 11.6 Å². The summed E-state index contributed by atoms with van der Waals surface area (Å²) in [5, 5.41) is 2.96. The van der Waals surface area contributed by atoms with Crippen LogP contribution in [0.2, 0.25) is 0 Å². The molecule has 32 heavy (non-hydrogen) atoms. The van der Waals surface area contributed by atoms with Crippen molar-refractivity contribution in [3.63, 3.8) is 0 Å². The molecule has 0 aromatic heterocycles. The van der Waals surface area contributed by atoms with E-state index in [0.717, 1.165) is 35.4 Å². The lowest BCUT2D eigenvalue weighted by molar-refractivity contribution is -0.137. The fourth-order valence-electron chi connectivity index (χ4n) is 4.15. The fourth-order valence-corrected chi connectivity index (χ4v) is 4.15. The third-order valence-corrected chi connectivity index (χ3v) is 5.67. The average Bonchev–Trinajstić information content (AvgIpc) is 2.79. The Morgan fingerprint density at radius 1 is 1.03 bits per heavy atom. The highest BCUT2D eigenvalue weighted by Crippen LogP contribution is 2.37. The fraction of sp³-hybridized carbons (Fsp3) is 0.192. The second-order valence-electron chi connectivity index (χ2n) is 7.85. The molecule has 1 heterocycles. The Labute approximate surface area is 185 Å². The summed E-state index contributed by atoms with van der Waals surface area (Å²) >= 11 is 0. The molecule has 0 radical (unpaired) electrons. The van der Waals surface area contributed by atoms with Crippen molar-refractivity contribution in [1.82, 2.24) is 5.32 Å². The zero-order chi connectivity index (χ0) is 22.7.